The van der Waals surface area contributed by atoms with Crippen molar-refractivity contribution in [3.8, 4) is 0 Å². The average Bonchev–Trinajstić information content (AvgIpc) is 2.88. The minimum Gasteiger partial charge on any atom is -0.0995 e. The normalized spacial score (nSPS) is 44.2. The largest absolute Gasteiger partial charge is 0.0995 e. The molecular formula is C25H40. The highest BCUT2D eigenvalue weighted by atomic mass is 14.6. The lowest BCUT2D eigenvalue weighted by Crippen LogP contribution is -2.40. The summed E-state index contributed by atoms with van der Waals surface area (Å²) < 4.78 is 0. The third-order valence-corrected chi connectivity index (χ3v) is 8.07. The molecule has 0 heterocycles. The van der Waals surface area contributed by atoms with Gasteiger partial charge in [-0.15, -0.1) is 0 Å². The molecule has 3 aliphatic rings. The van der Waals surface area contributed by atoms with Crippen molar-refractivity contribution in [1.29, 1.82) is 0 Å². The second kappa shape index (κ2) is 7.45. The third-order valence-electron chi connectivity index (χ3n) is 8.07. The number of fused-ring (bicyclic) bond motifs is 2. The number of hydrogen-bond donors (Lipinski definition) is 0. The molecule has 2 fully saturated rings. The van der Waals surface area contributed by atoms with Crippen LogP contribution in [0.3, 0.4) is 0 Å². The average molecular weight is 341 g/mol. The summed E-state index contributed by atoms with van der Waals surface area (Å²) in [7, 11) is 0. The maximum atomic E-state index is 4.61. The highest BCUT2D eigenvalue weighted by Crippen LogP contribution is 2.61. The fourth-order valence-corrected chi connectivity index (χ4v) is 6.40. The van der Waals surface area contributed by atoms with Gasteiger partial charge in [0.05, 0.1) is 0 Å². The van der Waals surface area contributed by atoms with Crippen molar-refractivity contribution >= 4 is 0 Å². The topological polar surface area (TPSA) is 0 Å². The number of hydrogen-bond acceptors (Lipinski definition) is 0. The Kier molecular flexibility index (Phi) is 5.66. The number of allylic oxidation sites excluding steroid dienone is 5. The molecule has 25 heavy (non-hydrogen) atoms. The maximum Gasteiger partial charge on any atom is -0.0135 e. The van der Waals surface area contributed by atoms with Crippen molar-refractivity contribution in [2.45, 2.75) is 86.0 Å². The molecule has 0 aliphatic heterocycles. The van der Waals surface area contributed by atoms with Crippen LogP contribution in [0.5, 0.6) is 0 Å². The van der Waals surface area contributed by atoms with Crippen molar-refractivity contribution in [1.82, 2.24) is 0 Å². The molecule has 3 aliphatic carbocycles. The summed E-state index contributed by atoms with van der Waals surface area (Å²) in [5.41, 5.74) is 5.32. The van der Waals surface area contributed by atoms with E-state index < -0.39 is 0 Å². The van der Waals surface area contributed by atoms with Gasteiger partial charge in [-0.05, 0) is 100 Å². The van der Waals surface area contributed by atoms with Crippen molar-refractivity contribution in [2.75, 3.05) is 0 Å². The monoisotopic (exact) mass is 340 g/mol. The van der Waals surface area contributed by atoms with Gasteiger partial charge in [-0.2, -0.15) is 0 Å². The Bertz CT molecular complexity index is 561. The van der Waals surface area contributed by atoms with Crippen LogP contribution in [-0.2, 0) is 0 Å². The summed E-state index contributed by atoms with van der Waals surface area (Å²) in [6.45, 7) is 16.8. The van der Waals surface area contributed by atoms with E-state index in [1.807, 2.05) is 0 Å². The Morgan fingerprint density at radius 2 is 1.80 bits per heavy atom. The summed E-state index contributed by atoms with van der Waals surface area (Å²) in [5, 5.41) is 0. The van der Waals surface area contributed by atoms with Crippen LogP contribution in [0.25, 0.3) is 0 Å². The predicted molar refractivity (Wildman–Crippen MR) is 110 cm³/mol. The van der Waals surface area contributed by atoms with Crippen molar-refractivity contribution in [2.24, 2.45) is 35.0 Å². The summed E-state index contributed by atoms with van der Waals surface area (Å²) in [6, 6.07) is 0. The van der Waals surface area contributed by atoms with Crippen LogP contribution in [-0.4, -0.2) is 0 Å². The van der Waals surface area contributed by atoms with Gasteiger partial charge in [-0.3, -0.25) is 0 Å². The molecule has 3 rings (SSSR count). The molecule has 0 unspecified atom stereocenters. The predicted octanol–water partition coefficient (Wildman–Crippen LogP) is 7.72. The minimum absolute atomic E-state index is 0.561. The first-order chi connectivity index (χ1) is 11.8. The molecule has 0 aromatic rings. The zero-order chi connectivity index (χ0) is 18.2. The summed E-state index contributed by atoms with van der Waals surface area (Å²) in [5.74, 6) is 4.17. The summed E-state index contributed by atoms with van der Waals surface area (Å²) in [6.07, 6.45) is 15.6. The minimum atomic E-state index is 0.561. The fourth-order valence-electron chi connectivity index (χ4n) is 6.40. The van der Waals surface area contributed by atoms with E-state index in [9.17, 15) is 0 Å². The molecule has 0 spiro atoms. The van der Waals surface area contributed by atoms with E-state index in [-0.39, 0.29) is 0 Å². The van der Waals surface area contributed by atoms with Gasteiger partial charge in [0, 0.05) is 0 Å². The first-order valence-electron chi connectivity index (χ1n) is 10.8. The van der Waals surface area contributed by atoms with E-state index in [0.717, 1.165) is 29.6 Å². The van der Waals surface area contributed by atoms with E-state index >= 15 is 0 Å². The molecule has 140 valence electrons. The van der Waals surface area contributed by atoms with E-state index in [1.54, 1.807) is 11.1 Å². The molecule has 0 amide bonds. The highest BCUT2D eigenvalue weighted by Gasteiger charge is 2.52. The first kappa shape index (κ1) is 19.0. The molecule has 0 heteroatoms. The van der Waals surface area contributed by atoms with Gasteiger partial charge < -0.3 is 0 Å². The molecule has 0 nitrogen and oxygen atoms in total. The molecule has 2 saturated carbocycles. The van der Waals surface area contributed by atoms with Crippen LogP contribution in [0, 0.1) is 35.0 Å². The molecule has 0 aromatic carbocycles. The zero-order valence-electron chi connectivity index (χ0n) is 17.4. The zero-order valence-corrected chi connectivity index (χ0v) is 17.4. The SMILES string of the molecule is C=C1CC/C=C(\C)CC/C=C(\C)[C@H]2C[C@H]3[C@@H](C(C)C)CC[C@]3(C)C[C@H]12. The van der Waals surface area contributed by atoms with Gasteiger partial charge in [0.15, 0.2) is 0 Å². The van der Waals surface area contributed by atoms with E-state index in [1.165, 1.54) is 56.9 Å². The molecule has 0 bridgehead atoms. The van der Waals surface area contributed by atoms with Gasteiger partial charge in [-0.1, -0.05) is 56.2 Å². The second-order valence-electron chi connectivity index (χ2n) is 10.1. The molecule has 0 aromatic heterocycles. The lowest BCUT2D eigenvalue weighted by atomic mass is 9.56. The fraction of sp³-hybridized carbons (Fsp3) is 0.760. The Morgan fingerprint density at radius 1 is 1.08 bits per heavy atom. The Morgan fingerprint density at radius 3 is 2.52 bits per heavy atom. The Labute approximate surface area is 156 Å². The lowest BCUT2D eigenvalue weighted by Gasteiger charge is -2.48. The summed E-state index contributed by atoms with van der Waals surface area (Å²) in [4.78, 5) is 0. The van der Waals surface area contributed by atoms with Gasteiger partial charge >= 0.3 is 0 Å². The maximum absolute atomic E-state index is 4.61. The van der Waals surface area contributed by atoms with Gasteiger partial charge in [0.25, 0.3) is 0 Å². The molecular weight excluding hydrogens is 300 g/mol. The van der Waals surface area contributed by atoms with E-state index in [4.69, 9.17) is 0 Å². The molecule has 0 N–H and O–H groups in total. The smallest absolute Gasteiger partial charge is 0.0135 e. The van der Waals surface area contributed by atoms with Crippen molar-refractivity contribution in [3.63, 3.8) is 0 Å². The van der Waals surface area contributed by atoms with Gasteiger partial charge in [0.1, 0.15) is 0 Å². The van der Waals surface area contributed by atoms with E-state index in [2.05, 4.69) is 53.3 Å². The van der Waals surface area contributed by atoms with Crippen LogP contribution in [0.15, 0.2) is 35.5 Å². The van der Waals surface area contributed by atoms with Crippen molar-refractivity contribution < 1.29 is 0 Å². The third kappa shape index (κ3) is 3.83. The van der Waals surface area contributed by atoms with E-state index in [0.29, 0.717) is 5.41 Å². The first-order valence-corrected chi connectivity index (χ1v) is 10.8. The molecule has 0 radical (unpaired) electrons. The molecule has 5 atom stereocenters. The number of rotatable bonds is 1. The van der Waals surface area contributed by atoms with Gasteiger partial charge in [-0.25, -0.2) is 0 Å². The Balaban J connectivity index is 1.90. The van der Waals surface area contributed by atoms with Crippen LogP contribution < -0.4 is 0 Å². The second-order valence-corrected chi connectivity index (χ2v) is 10.1. The highest BCUT2D eigenvalue weighted by molar-refractivity contribution is 5.20. The molecule has 0 saturated heterocycles. The van der Waals surface area contributed by atoms with Crippen molar-refractivity contribution in [3.05, 3.63) is 35.5 Å². The van der Waals surface area contributed by atoms with Crippen LogP contribution in [0.2, 0.25) is 0 Å². The summed E-state index contributed by atoms with van der Waals surface area (Å²) >= 11 is 0. The van der Waals surface area contributed by atoms with Crippen LogP contribution in [0.1, 0.15) is 86.0 Å². The van der Waals surface area contributed by atoms with Crippen LogP contribution >= 0.6 is 0 Å². The standard InChI is InChI=1S/C25H40/c1-17(2)21-13-14-25(6)16-23-20(5)12-8-10-18(3)9-7-11-19(4)22(23)15-24(21)25/h10-11,17,21-24H,5,7-9,12-16H2,1-4,6H3/b18-10+,19-11+/t21-,22-,23-,24+,25-/m1/s1. The Hall–Kier alpha value is -0.780. The van der Waals surface area contributed by atoms with Gasteiger partial charge in [0.2, 0.25) is 0 Å². The van der Waals surface area contributed by atoms with Crippen LogP contribution in [0.4, 0.5) is 0 Å². The quantitative estimate of drug-likeness (QED) is 0.428. The lowest BCUT2D eigenvalue weighted by molar-refractivity contribution is 0.0529.